The minimum atomic E-state index is 0.163. The second-order valence-corrected chi connectivity index (χ2v) is 8.04. The molecule has 0 aromatic carbocycles. The molecule has 0 bridgehead atoms. The Morgan fingerprint density at radius 2 is 1.94 bits per heavy atom. The van der Waals surface area contributed by atoms with Crippen molar-refractivity contribution >= 4 is 17.7 Å². The monoisotopic (exact) mass is 258 g/mol. The van der Waals surface area contributed by atoms with Crippen molar-refractivity contribution in [1.29, 1.82) is 0 Å². The topological polar surface area (TPSA) is 41.1 Å². The van der Waals surface area contributed by atoms with Crippen LogP contribution in [0.2, 0.25) is 0 Å². The third-order valence-corrected chi connectivity index (χ3v) is 4.43. The van der Waals surface area contributed by atoms with Gasteiger partial charge in [0.25, 0.3) is 0 Å². The quantitative estimate of drug-likeness (QED) is 0.810. The molecule has 0 aliphatic carbocycles. The maximum Gasteiger partial charge on any atom is 0.230 e. The molecule has 1 amide bonds. The molecule has 3 nitrogen and oxygen atoms in total. The molecule has 0 saturated carbocycles. The molecule has 0 aromatic heterocycles. The van der Waals surface area contributed by atoms with E-state index in [1.165, 1.54) is 0 Å². The Bertz CT molecular complexity index is 255. The zero-order chi connectivity index (χ0) is 12.9. The van der Waals surface area contributed by atoms with Gasteiger partial charge in [-0.3, -0.25) is 4.79 Å². The lowest BCUT2D eigenvalue weighted by molar-refractivity contribution is -0.119. The fraction of sp³-hybridized carbons (Fsp3) is 0.923. The molecule has 17 heavy (non-hydrogen) atoms. The van der Waals surface area contributed by atoms with Crippen molar-refractivity contribution in [3.8, 4) is 0 Å². The zero-order valence-electron chi connectivity index (χ0n) is 11.6. The third-order valence-electron chi connectivity index (χ3n) is 3.16. The van der Waals surface area contributed by atoms with Gasteiger partial charge in [0.05, 0.1) is 5.75 Å². The molecule has 0 spiro atoms. The number of hydrogen-bond acceptors (Lipinski definition) is 3. The highest BCUT2D eigenvalue weighted by Gasteiger charge is 2.27. The van der Waals surface area contributed by atoms with Crippen molar-refractivity contribution in [2.75, 3.05) is 25.4 Å². The first-order valence-corrected chi connectivity index (χ1v) is 7.41. The van der Waals surface area contributed by atoms with E-state index in [0.29, 0.717) is 5.75 Å². The molecular weight excluding hydrogens is 232 g/mol. The summed E-state index contributed by atoms with van der Waals surface area (Å²) in [5.41, 5.74) is 0.285. The first kappa shape index (κ1) is 14.8. The lowest BCUT2D eigenvalue weighted by Crippen LogP contribution is -2.43. The Morgan fingerprint density at radius 1 is 1.35 bits per heavy atom. The number of carbonyl (C=O) groups is 1. The molecule has 100 valence electrons. The lowest BCUT2D eigenvalue weighted by atomic mass is 9.81. The Morgan fingerprint density at radius 3 is 2.47 bits per heavy atom. The van der Waals surface area contributed by atoms with E-state index in [2.05, 4.69) is 38.3 Å². The highest BCUT2D eigenvalue weighted by molar-refractivity contribution is 8.01. The predicted molar refractivity (Wildman–Crippen MR) is 75.4 cm³/mol. The summed E-state index contributed by atoms with van der Waals surface area (Å²) < 4.78 is 0.163. The largest absolute Gasteiger partial charge is 0.355 e. The van der Waals surface area contributed by atoms with Crippen LogP contribution >= 0.6 is 11.8 Å². The molecular formula is C13H26N2OS. The van der Waals surface area contributed by atoms with Gasteiger partial charge in [-0.1, -0.05) is 27.7 Å². The average molecular weight is 258 g/mol. The van der Waals surface area contributed by atoms with Gasteiger partial charge in [-0.05, 0) is 31.3 Å². The van der Waals surface area contributed by atoms with Gasteiger partial charge in [-0.15, -0.1) is 11.8 Å². The fourth-order valence-corrected chi connectivity index (χ4v) is 2.52. The fourth-order valence-electron chi connectivity index (χ4n) is 1.85. The number of amides is 1. The van der Waals surface area contributed by atoms with Gasteiger partial charge in [0.1, 0.15) is 0 Å². The average Bonchev–Trinajstić information content (AvgIpc) is 2.24. The normalized spacial score (nSPS) is 20.0. The summed E-state index contributed by atoms with van der Waals surface area (Å²) in [6.07, 6.45) is 2.30. The van der Waals surface area contributed by atoms with Gasteiger partial charge in [0.15, 0.2) is 0 Å². The van der Waals surface area contributed by atoms with Crippen LogP contribution in [0.1, 0.15) is 40.5 Å². The van der Waals surface area contributed by atoms with Crippen LogP contribution in [0.5, 0.6) is 0 Å². The molecule has 0 atom stereocenters. The molecule has 0 radical (unpaired) electrons. The zero-order valence-corrected chi connectivity index (χ0v) is 12.4. The summed E-state index contributed by atoms with van der Waals surface area (Å²) in [4.78, 5) is 11.7. The lowest BCUT2D eigenvalue weighted by Gasteiger charge is -2.34. The van der Waals surface area contributed by atoms with E-state index in [1.807, 2.05) is 0 Å². The number of carbonyl (C=O) groups excluding carboxylic acids is 1. The first-order chi connectivity index (χ1) is 7.81. The maximum atomic E-state index is 11.7. The van der Waals surface area contributed by atoms with Gasteiger partial charge < -0.3 is 10.6 Å². The van der Waals surface area contributed by atoms with E-state index in [1.54, 1.807) is 11.8 Å². The van der Waals surface area contributed by atoms with E-state index in [4.69, 9.17) is 0 Å². The molecule has 1 aliphatic rings. The van der Waals surface area contributed by atoms with Gasteiger partial charge in [0, 0.05) is 11.3 Å². The Hall–Kier alpha value is -0.220. The third kappa shape index (κ3) is 6.32. The smallest absolute Gasteiger partial charge is 0.230 e. The molecule has 0 aromatic rings. The second kappa shape index (κ2) is 6.10. The molecule has 1 aliphatic heterocycles. The van der Waals surface area contributed by atoms with Crippen LogP contribution in [0.4, 0.5) is 0 Å². The van der Waals surface area contributed by atoms with E-state index in [0.717, 1.165) is 32.5 Å². The van der Waals surface area contributed by atoms with E-state index in [9.17, 15) is 4.79 Å². The van der Waals surface area contributed by atoms with Crippen LogP contribution < -0.4 is 10.6 Å². The van der Waals surface area contributed by atoms with Crippen LogP contribution in [-0.4, -0.2) is 36.0 Å². The highest BCUT2D eigenvalue weighted by Crippen LogP contribution is 2.27. The maximum absolute atomic E-state index is 11.7. The summed E-state index contributed by atoms with van der Waals surface area (Å²) in [7, 11) is 0. The molecule has 4 heteroatoms. The molecule has 0 unspecified atom stereocenters. The summed E-state index contributed by atoms with van der Waals surface area (Å²) in [5, 5.41) is 6.43. The second-order valence-electron chi connectivity index (χ2n) is 6.24. The Kier molecular flexibility index (Phi) is 5.32. The molecule has 1 heterocycles. The SMILES string of the molecule is CC1(CNC(=O)CSC(C)(C)C)CCNCC1. The van der Waals surface area contributed by atoms with Crippen molar-refractivity contribution in [3.05, 3.63) is 0 Å². The van der Waals surface area contributed by atoms with Gasteiger partial charge >= 0.3 is 0 Å². The van der Waals surface area contributed by atoms with Crippen LogP contribution in [0.25, 0.3) is 0 Å². The highest BCUT2D eigenvalue weighted by atomic mass is 32.2. The molecule has 2 N–H and O–H groups in total. The van der Waals surface area contributed by atoms with Crippen molar-refractivity contribution in [2.24, 2.45) is 5.41 Å². The molecule has 1 saturated heterocycles. The minimum absolute atomic E-state index is 0.163. The van der Waals surface area contributed by atoms with E-state index >= 15 is 0 Å². The van der Waals surface area contributed by atoms with Gasteiger partial charge in [-0.2, -0.15) is 0 Å². The Labute approximate surface area is 109 Å². The number of rotatable bonds is 4. The molecule has 1 rings (SSSR count). The molecule has 1 fully saturated rings. The van der Waals surface area contributed by atoms with Crippen molar-refractivity contribution < 1.29 is 4.79 Å². The summed E-state index contributed by atoms with van der Waals surface area (Å²) in [6, 6.07) is 0. The van der Waals surface area contributed by atoms with Crippen molar-refractivity contribution in [1.82, 2.24) is 10.6 Å². The first-order valence-electron chi connectivity index (χ1n) is 6.42. The minimum Gasteiger partial charge on any atom is -0.355 e. The van der Waals surface area contributed by atoms with Crippen molar-refractivity contribution in [2.45, 2.75) is 45.3 Å². The van der Waals surface area contributed by atoms with Gasteiger partial charge in [-0.25, -0.2) is 0 Å². The van der Waals surface area contributed by atoms with Crippen molar-refractivity contribution in [3.63, 3.8) is 0 Å². The number of nitrogens with one attached hydrogen (secondary N) is 2. The van der Waals surface area contributed by atoms with E-state index in [-0.39, 0.29) is 16.1 Å². The van der Waals surface area contributed by atoms with Gasteiger partial charge in [0.2, 0.25) is 5.91 Å². The number of hydrogen-bond donors (Lipinski definition) is 2. The summed E-state index contributed by atoms with van der Waals surface area (Å²) in [5.74, 6) is 0.738. The number of thioether (sulfide) groups is 1. The van der Waals surface area contributed by atoms with Crippen LogP contribution in [0, 0.1) is 5.41 Å². The Balaban J connectivity index is 2.23. The summed E-state index contributed by atoms with van der Waals surface area (Å²) in [6.45, 7) is 11.6. The van der Waals surface area contributed by atoms with Crippen LogP contribution in [0.15, 0.2) is 0 Å². The summed E-state index contributed by atoms with van der Waals surface area (Å²) >= 11 is 1.70. The van der Waals surface area contributed by atoms with Crippen LogP contribution in [0.3, 0.4) is 0 Å². The van der Waals surface area contributed by atoms with Crippen LogP contribution in [-0.2, 0) is 4.79 Å². The number of piperidine rings is 1. The standard InChI is InChI=1S/C13H26N2OS/c1-12(2,3)17-9-11(16)15-10-13(4)5-7-14-8-6-13/h14H,5-10H2,1-4H3,(H,15,16). The predicted octanol–water partition coefficient (Wildman–Crippen LogP) is 2.02. The van der Waals surface area contributed by atoms with E-state index < -0.39 is 0 Å².